The topological polar surface area (TPSA) is 63.0 Å². The molecule has 21 heavy (non-hydrogen) atoms. The molecule has 3 rings (SSSR count). The van der Waals surface area contributed by atoms with Crippen molar-refractivity contribution in [2.75, 3.05) is 10.7 Å². The number of nitrogen functional groups attached to an aromatic ring is 1. The number of aromatic nitrogens is 1. The first-order chi connectivity index (χ1) is 9.78. The number of hydrogen-bond acceptors (Lipinski definition) is 4. The Morgan fingerprint density at radius 1 is 1.24 bits per heavy atom. The molecule has 1 heterocycles. The quantitative estimate of drug-likeness (QED) is 0.571. The molecule has 2 aliphatic carbocycles. The van der Waals surface area contributed by atoms with Gasteiger partial charge in [-0.15, -0.1) is 0 Å². The fraction of sp³-hybridized carbons (Fsp3) is 0.667. The van der Waals surface area contributed by atoms with Gasteiger partial charge in [-0.3, -0.25) is 0 Å². The second-order valence-electron chi connectivity index (χ2n) is 7.29. The maximum Gasteiger partial charge on any atom is 0.161 e. The maximum absolute atomic E-state index is 6.30. The van der Waals surface area contributed by atoms with Gasteiger partial charge < -0.3 is 10.7 Å². The van der Waals surface area contributed by atoms with Crippen molar-refractivity contribution in [1.82, 2.24) is 4.98 Å². The molecule has 2 fully saturated rings. The van der Waals surface area contributed by atoms with Gasteiger partial charge in [-0.2, -0.15) is 0 Å². The smallest absolute Gasteiger partial charge is 0.161 e. The van der Waals surface area contributed by atoms with Gasteiger partial charge in [0.15, 0.2) is 5.82 Å². The van der Waals surface area contributed by atoms with Gasteiger partial charge in [-0.1, -0.05) is 44.0 Å². The van der Waals surface area contributed by atoms with E-state index >= 15 is 0 Å². The number of nitrogens with one attached hydrogen (secondary N) is 2. The van der Waals surface area contributed by atoms with Crippen LogP contribution in [0.1, 0.15) is 40.0 Å². The first-order valence-electron chi connectivity index (χ1n) is 7.37. The van der Waals surface area contributed by atoms with Crippen LogP contribution in [-0.4, -0.2) is 11.0 Å². The highest BCUT2D eigenvalue weighted by Gasteiger charge is 2.59. The first-order valence-corrected chi connectivity index (χ1v) is 8.13. The lowest BCUT2D eigenvalue weighted by Gasteiger charge is -2.43. The number of pyridine rings is 1. The molecule has 2 aliphatic rings. The van der Waals surface area contributed by atoms with Crippen molar-refractivity contribution in [3.8, 4) is 0 Å². The molecule has 0 amide bonds. The summed E-state index contributed by atoms with van der Waals surface area (Å²) < 4.78 is 0. The number of nitrogens with zero attached hydrogens (tertiary/aromatic N) is 1. The molecule has 0 spiro atoms. The molecule has 3 unspecified atom stereocenters. The van der Waals surface area contributed by atoms with Gasteiger partial charge in [0.1, 0.15) is 5.82 Å². The van der Waals surface area contributed by atoms with E-state index in [-0.39, 0.29) is 5.41 Å². The normalized spacial score (nSPS) is 33.2. The van der Waals surface area contributed by atoms with E-state index in [9.17, 15) is 0 Å². The molecule has 1 aromatic heterocycles. The molecule has 0 radical (unpaired) electrons. The van der Waals surface area contributed by atoms with Crippen molar-refractivity contribution in [1.29, 1.82) is 0 Å². The van der Waals surface area contributed by atoms with Crippen molar-refractivity contribution >= 4 is 34.8 Å². The highest BCUT2D eigenvalue weighted by molar-refractivity contribution is 6.37. The van der Waals surface area contributed by atoms with Crippen LogP contribution in [0.2, 0.25) is 10.0 Å². The van der Waals surface area contributed by atoms with Crippen LogP contribution in [0.3, 0.4) is 0 Å². The summed E-state index contributed by atoms with van der Waals surface area (Å²) in [5, 5.41) is 4.53. The number of fused-ring (bicyclic) bond motifs is 2. The molecule has 2 saturated carbocycles. The number of anilines is 2. The first kappa shape index (κ1) is 15.2. The number of nitrogens with two attached hydrogens (primary N) is 1. The average molecular weight is 329 g/mol. The minimum Gasteiger partial charge on any atom is -0.365 e. The average Bonchev–Trinajstić information content (AvgIpc) is 2.88. The van der Waals surface area contributed by atoms with Crippen molar-refractivity contribution in [3.63, 3.8) is 0 Å². The number of halogens is 2. The summed E-state index contributed by atoms with van der Waals surface area (Å²) in [5.41, 5.74) is 3.04. The third kappa shape index (κ3) is 2.28. The van der Waals surface area contributed by atoms with Crippen LogP contribution < -0.4 is 16.6 Å². The van der Waals surface area contributed by atoms with Crippen LogP contribution in [-0.2, 0) is 0 Å². The second-order valence-corrected chi connectivity index (χ2v) is 8.10. The maximum atomic E-state index is 6.30. The van der Waals surface area contributed by atoms with E-state index in [1.54, 1.807) is 6.07 Å². The lowest BCUT2D eigenvalue weighted by molar-refractivity contribution is 0.155. The Hall–Kier alpha value is -0.710. The molecule has 116 valence electrons. The predicted octanol–water partition coefficient (Wildman–Crippen LogP) is 4.30. The van der Waals surface area contributed by atoms with Gasteiger partial charge in [0, 0.05) is 6.04 Å². The summed E-state index contributed by atoms with van der Waals surface area (Å²) in [5.74, 6) is 7.31. The van der Waals surface area contributed by atoms with E-state index < -0.39 is 0 Å². The molecule has 3 atom stereocenters. The molecule has 2 bridgehead atoms. The Balaban J connectivity index is 1.93. The number of hydrazine groups is 1. The molecule has 0 saturated heterocycles. The van der Waals surface area contributed by atoms with Crippen LogP contribution in [0.4, 0.5) is 11.6 Å². The van der Waals surface area contributed by atoms with E-state index in [1.807, 2.05) is 0 Å². The largest absolute Gasteiger partial charge is 0.365 e. The zero-order chi connectivity index (χ0) is 15.4. The highest BCUT2D eigenvalue weighted by atomic mass is 35.5. The van der Waals surface area contributed by atoms with Crippen molar-refractivity contribution in [3.05, 3.63) is 16.1 Å². The van der Waals surface area contributed by atoms with Gasteiger partial charge in [-0.25, -0.2) is 10.8 Å². The number of rotatable bonds is 3. The van der Waals surface area contributed by atoms with E-state index in [2.05, 4.69) is 36.5 Å². The summed E-state index contributed by atoms with van der Waals surface area (Å²) in [6.07, 6.45) is 3.84. The Bertz CT molecular complexity index is 570. The van der Waals surface area contributed by atoms with Gasteiger partial charge in [-0.05, 0) is 42.1 Å². The molecular weight excluding hydrogens is 307 g/mol. The minimum atomic E-state index is 0.230. The van der Waals surface area contributed by atoms with Crippen LogP contribution in [0.5, 0.6) is 0 Å². The number of hydrogen-bond donors (Lipinski definition) is 3. The third-order valence-corrected chi connectivity index (χ3v) is 6.19. The minimum absolute atomic E-state index is 0.230. The summed E-state index contributed by atoms with van der Waals surface area (Å²) in [4.78, 5) is 4.42. The third-order valence-electron chi connectivity index (χ3n) is 5.62. The lowest BCUT2D eigenvalue weighted by atomic mass is 9.68. The van der Waals surface area contributed by atoms with Gasteiger partial charge in [0.25, 0.3) is 0 Å². The van der Waals surface area contributed by atoms with E-state index in [0.29, 0.717) is 33.1 Å². The Kier molecular flexibility index (Phi) is 3.55. The molecule has 4 nitrogen and oxygen atoms in total. The van der Waals surface area contributed by atoms with E-state index in [1.165, 1.54) is 19.3 Å². The summed E-state index contributed by atoms with van der Waals surface area (Å²) in [7, 11) is 0. The predicted molar refractivity (Wildman–Crippen MR) is 88.7 cm³/mol. The molecular formula is C15H22Cl2N4. The Morgan fingerprint density at radius 3 is 2.48 bits per heavy atom. The van der Waals surface area contributed by atoms with Crippen LogP contribution in [0.25, 0.3) is 0 Å². The van der Waals surface area contributed by atoms with Crippen LogP contribution in [0, 0.1) is 16.7 Å². The standard InChI is InChI=1S/C15H22Cl2N4/c1-14(2)8-4-5-15(3,7-8)13(14)20-11-9(16)6-10(17)12(19-11)21-18/h6,8,13H,4-5,7,18H2,1-3H3,(H2,19,20,21). The van der Waals surface area contributed by atoms with Crippen LogP contribution >= 0.6 is 23.2 Å². The highest BCUT2D eigenvalue weighted by Crippen LogP contribution is 2.63. The Labute approximate surface area is 135 Å². The zero-order valence-electron chi connectivity index (χ0n) is 12.6. The van der Waals surface area contributed by atoms with Crippen LogP contribution in [0.15, 0.2) is 6.07 Å². The van der Waals surface area contributed by atoms with Crippen molar-refractivity contribution in [2.24, 2.45) is 22.6 Å². The fourth-order valence-corrected chi connectivity index (χ4v) is 4.94. The van der Waals surface area contributed by atoms with Gasteiger partial charge in [0.05, 0.1) is 10.0 Å². The lowest BCUT2D eigenvalue weighted by Crippen LogP contribution is -2.46. The molecule has 1 aromatic rings. The summed E-state index contributed by atoms with van der Waals surface area (Å²) in [6, 6.07) is 2.02. The Morgan fingerprint density at radius 2 is 1.90 bits per heavy atom. The van der Waals surface area contributed by atoms with Gasteiger partial charge >= 0.3 is 0 Å². The molecule has 0 aromatic carbocycles. The molecule has 0 aliphatic heterocycles. The van der Waals surface area contributed by atoms with Crippen molar-refractivity contribution < 1.29 is 0 Å². The van der Waals surface area contributed by atoms with Gasteiger partial charge in [0.2, 0.25) is 0 Å². The zero-order valence-corrected chi connectivity index (χ0v) is 14.1. The van der Waals surface area contributed by atoms with Crippen molar-refractivity contribution in [2.45, 2.75) is 46.1 Å². The summed E-state index contributed by atoms with van der Waals surface area (Å²) >= 11 is 12.3. The molecule has 4 N–H and O–H groups in total. The van der Waals surface area contributed by atoms with E-state index in [0.717, 1.165) is 5.92 Å². The summed E-state index contributed by atoms with van der Waals surface area (Å²) in [6.45, 7) is 7.04. The SMILES string of the molecule is CC12CCC(C1)C(C)(C)C2Nc1nc(NN)c(Cl)cc1Cl. The monoisotopic (exact) mass is 328 g/mol. The second kappa shape index (κ2) is 4.90. The fourth-order valence-electron chi connectivity index (χ4n) is 4.47. The molecule has 6 heteroatoms. The van der Waals surface area contributed by atoms with E-state index in [4.69, 9.17) is 29.0 Å².